The van der Waals surface area contributed by atoms with Gasteiger partial charge in [0.25, 0.3) is 0 Å². The molecule has 21 heavy (non-hydrogen) atoms. The summed E-state index contributed by atoms with van der Waals surface area (Å²) in [4.78, 5) is 0. The highest BCUT2D eigenvalue weighted by Gasteiger charge is 2.28. The van der Waals surface area contributed by atoms with Gasteiger partial charge < -0.3 is 14.6 Å². The van der Waals surface area contributed by atoms with Crippen molar-refractivity contribution in [2.45, 2.75) is 24.9 Å². The number of aliphatic hydroxyl groups is 1. The molecule has 3 rings (SSSR count). The summed E-state index contributed by atoms with van der Waals surface area (Å²) in [5.74, 6) is 1.84. The van der Waals surface area contributed by atoms with E-state index in [9.17, 15) is 5.11 Å². The zero-order chi connectivity index (χ0) is 14.7. The predicted octanol–water partition coefficient (Wildman–Crippen LogP) is 3.16. The third-order valence-corrected chi connectivity index (χ3v) is 4.09. The van der Waals surface area contributed by atoms with Crippen LogP contribution in [0.1, 0.15) is 23.5 Å². The second kappa shape index (κ2) is 6.19. The van der Waals surface area contributed by atoms with Crippen LogP contribution in [0, 0.1) is 0 Å². The van der Waals surface area contributed by atoms with Crippen LogP contribution >= 0.6 is 0 Å². The number of ether oxygens (including phenoxy) is 2. The molecule has 2 aromatic rings. The molecule has 0 saturated carbocycles. The zero-order valence-electron chi connectivity index (χ0n) is 12.2. The normalized spacial score (nSPS) is 18.5. The molecule has 0 amide bonds. The molecule has 0 spiro atoms. The van der Waals surface area contributed by atoms with Gasteiger partial charge in [0.1, 0.15) is 11.5 Å². The lowest BCUT2D eigenvalue weighted by Crippen LogP contribution is -2.26. The molecular formula is C18H20O3. The van der Waals surface area contributed by atoms with Crippen molar-refractivity contribution in [2.24, 2.45) is 0 Å². The summed E-state index contributed by atoms with van der Waals surface area (Å²) in [6.45, 7) is 0.657. The maximum atomic E-state index is 10.7. The fourth-order valence-electron chi connectivity index (χ4n) is 3.01. The maximum Gasteiger partial charge on any atom is 0.122 e. The van der Waals surface area contributed by atoms with E-state index < -0.39 is 6.10 Å². The van der Waals surface area contributed by atoms with Gasteiger partial charge in [-0.05, 0) is 29.7 Å². The van der Waals surface area contributed by atoms with Crippen LogP contribution in [-0.4, -0.2) is 24.9 Å². The van der Waals surface area contributed by atoms with Crippen LogP contribution in [0.3, 0.4) is 0 Å². The smallest absolute Gasteiger partial charge is 0.122 e. The largest absolute Gasteiger partial charge is 0.496 e. The van der Waals surface area contributed by atoms with Crippen molar-refractivity contribution < 1.29 is 14.6 Å². The zero-order valence-corrected chi connectivity index (χ0v) is 12.2. The van der Waals surface area contributed by atoms with Gasteiger partial charge >= 0.3 is 0 Å². The van der Waals surface area contributed by atoms with Crippen molar-refractivity contribution in [3.8, 4) is 11.5 Å². The molecule has 0 bridgehead atoms. The standard InChI is InChI=1S/C18H20O3/c1-20-17-8-4-2-6-13(17)12-16(19)14-10-11-21-18-9-5-3-7-15(14)18/h2-9,14,16,19H,10-12H2,1H3. The van der Waals surface area contributed by atoms with E-state index in [0.717, 1.165) is 29.0 Å². The highest BCUT2D eigenvalue weighted by molar-refractivity contribution is 5.39. The third kappa shape index (κ3) is 2.88. The molecule has 0 aliphatic carbocycles. The Balaban J connectivity index is 1.82. The molecule has 0 saturated heterocycles. The summed E-state index contributed by atoms with van der Waals surface area (Å²) in [5, 5.41) is 10.7. The minimum Gasteiger partial charge on any atom is -0.496 e. The van der Waals surface area contributed by atoms with Gasteiger partial charge in [-0.15, -0.1) is 0 Å². The molecule has 0 aromatic heterocycles. The van der Waals surface area contributed by atoms with E-state index in [-0.39, 0.29) is 5.92 Å². The van der Waals surface area contributed by atoms with Crippen LogP contribution in [-0.2, 0) is 6.42 Å². The number of hydrogen-bond acceptors (Lipinski definition) is 3. The fraction of sp³-hybridized carbons (Fsp3) is 0.333. The van der Waals surface area contributed by atoms with Crippen molar-refractivity contribution in [2.75, 3.05) is 13.7 Å². The molecule has 1 heterocycles. The van der Waals surface area contributed by atoms with E-state index in [2.05, 4.69) is 0 Å². The van der Waals surface area contributed by atoms with E-state index >= 15 is 0 Å². The quantitative estimate of drug-likeness (QED) is 0.937. The van der Waals surface area contributed by atoms with Crippen LogP contribution in [0.5, 0.6) is 11.5 Å². The van der Waals surface area contributed by atoms with Gasteiger partial charge in [-0.1, -0.05) is 36.4 Å². The lowest BCUT2D eigenvalue weighted by atomic mass is 9.85. The van der Waals surface area contributed by atoms with E-state index in [1.54, 1.807) is 7.11 Å². The highest BCUT2D eigenvalue weighted by Crippen LogP contribution is 2.37. The van der Waals surface area contributed by atoms with Crippen LogP contribution in [0.15, 0.2) is 48.5 Å². The van der Waals surface area contributed by atoms with Crippen molar-refractivity contribution in [1.29, 1.82) is 0 Å². The first-order valence-electron chi connectivity index (χ1n) is 7.31. The highest BCUT2D eigenvalue weighted by atomic mass is 16.5. The number of methoxy groups -OCH3 is 1. The molecule has 1 aliphatic heterocycles. The number of para-hydroxylation sites is 2. The Labute approximate surface area is 125 Å². The average Bonchev–Trinajstić information content (AvgIpc) is 2.54. The summed E-state index contributed by atoms with van der Waals surface area (Å²) < 4.78 is 11.0. The van der Waals surface area contributed by atoms with Gasteiger partial charge in [0.05, 0.1) is 19.8 Å². The molecule has 2 unspecified atom stereocenters. The van der Waals surface area contributed by atoms with Crippen molar-refractivity contribution in [1.82, 2.24) is 0 Å². The topological polar surface area (TPSA) is 38.7 Å². The van der Waals surface area contributed by atoms with Crippen molar-refractivity contribution in [3.63, 3.8) is 0 Å². The summed E-state index contributed by atoms with van der Waals surface area (Å²) in [6, 6.07) is 15.8. The SMILES string of the molecule is COc1ccccc1CC(O)C1CCOc2ccccc21. The van der Waals surface area contributed by atoms with Gasteiger partial charge in [-0.25, -0.2) is 0 Å². The summed E-state index contributed by atoms with van der Waals surface area (Å²) in [6.07, 6.45) is 0.988. The third-order valence-electron chi connectivity index (χ3n) is 4.09. The molecule has 110 valence electrons. The summed E-state index contributed by atoms with van der Waals surface area (Å²) >= 11 is 0. The van der Waals surface area contributed by atoms with Gasteiger partial charge in [0, 0.05) is 12.3 Å². The molecule has 3 heteroatoms. The molecular weight excluding hydrogens is 264 g/mol. The summed E-state index contributed by atoms with van der Waals surface area (Å²) in [5.41, 5.74) is 2.14. The van der Waals surface area contributed by atoms with Gasteiger partial charge in [-0.3, -0.25) is 0 Å². The fourth-order valence-corrected chi connectivity index (χ4v) is 3.01. The molecule has 2 aromatic carbocycles. The molecule has 0 radical (unpaired) electrons. The molecule has 2 atom stereocenters. The second-order valence-electron chi connectivity index (χ2n) is 5.36. The lowest BCUT2D eigenvalue weighted by molar-refractivity contribution is 0.116. The lowest BCUT2D eigenvalue weighted by Gasteiger charge is -2.29. The van der Waals surface area contributed by atoms with Crippen molar-refractivity contribution >= 4 is 0 Å². The van der Waals surface area contributed by atoms with Crippen molar-refractivity contribution in [3.05, 3.63) is 59.7 Å². The van der Waals surface area contributed by atoms with E-state index in [1.165, 1.54) is 0 Å². The number of hydrogen-bond donors (Lipinski definition) is 1. The van der Waals surface area contributed by atoms with Gasteiger partial charge in [-0.2, -0.15) is 0 Å². The number of benzene rings is 2. The van der Waals surface area contributed by atoms with E-state index in [0.29, 0.717) is 13.0 Å². The van der Waals surface area contributed by atoms with E-state index in [4.69, 9.17) is 9.47 Å². The minimum atomic E-state index is -0.439. The Morgan fingerprint density at radius 2 is 1.95 bits per heavy atom. The van der Waals surface area contributed by atoms with Crippen LogP contribution < -0.4 is 9.47 Å². The monoisotopic (exact) mass is 284 g/mol. The predicted molar refractivity (Wildman–Crippen MR) is 82.0 cm³/mol. The summed E-state index contributed by atoms with van der Waals surface area (Å²) in [7, 11) is 1.66. The number of fused-ring (bicyclic) bond motifs is 1. The number of aliphatic hydroxyl groups excluding tert-OH is 1. The van der Waals surface area contributed by atoms with Gasteiger partial charge in [0.2, 0.25) is 0 Å². The first-order chi connectivity index (χ1) is 10.3. The van der Waals surface area contributed by atoms with Crippen LogP contribution in [0.25, 0.3) is 0 Å². The first kappa shape index (κ1) is 14.0. The second-order valence-corrected chi connectivity index (χ2v) is 5.36. The molecule has 0 fully saturated rings. The maximum absolute atomic E-state index is 10.7. The first-order valence-corrected chi connectivity index (χ1v) is 7.31. The van der Waals surface area contributed by atoms with Gasteiger partial charge in [0.15, 0.2) is 0 Å². The Kier molecular flexibility index (Phi) is 4.11. The van der Waals surface area contributed by atoms with Crippen LogP contribution in [0.4, 0.5) is 0 Å². The molecule has 1 N–H and O–H groups in total. The Morgan fingerprint density at radius 3 is 2.81 bits per heavy atom. The Hall–Kier alpha value is -2.00. The number of rotatable bonds is 4. The average molecular weight is 284 g/mol. The molecule has 1 aliphatic rings. The molecule has 3 nitrogen and oxygen atoms in total. The Morgan fingerprint density at radius 1 is 1.19 bits per heavy atom. The Bertz CT molecular complexity index is 609. The minimum absolute atomic E-state index is 0.111. The van der Waals surface area contributed by atoms with Crippen LogP contribution in [0.2, 0.25) is 0 Å². The van der Waals surface area contributed by atoms with E-state index in [1.807, 2.05) is 48.5 Å².